The minimum absolute atomic E-state index is 0.0666. The standard InChI is InChI=1S/C10H13N3.C7H8O3S/c1-2-4-11-10(3-1)13-7-8-5-9(13)6-12-8;1-6-2-4-7(5-3-6)11(8,9)10/h1-4,8-9,12H,5-7H2;2-5H,1H3,(H,8,9,10)/t8-,9-;/m0./s1. The Morgan fingerprint density at radius 1 is 1.21 bits per heavy atom. The van der Waals surface area contributed by atoms with Crippen molar-refractivity contribution in [2.24, 2.45) is 0 Å². The Hall–Kier alpha value is -1.96. The van der Waals surface area contributed by atoms with E-state index in [4.69, 9.17) is 4.55 Å². The monoisotopic (exact) mass is 347 g/mol. The first-order valence-corrected chi connectivity index (χ1v) is 9.33. The first-order chi connectivity index (χ1) is 11.4. The van der Waals surface area contributed by atoms with Gasteiger partial charge in [-0.25, -0.2) is 4.98 Å². The molecule has 24 heavy (non-hydrogen) atoms. The van der Waals surface area contributed by atoms with Gasteiger partial charge in [0.05, 0.1) is 4.90 Å². The number of rotatable bonds is 2. The van der Waals surface area contributed by atoms with Crippen LogP contribution in [-0.2, 0) is 10.1 Å². The third-order valence-electron chi connectivity index (χ3n) is 4.32. The first-order valence-electron chi connectivity index (χ1n) is 7.89. The number of anilines is 1. The van der Waals surface area contributed by atoms with Crippen LogP contribution in [-0.4, -0.2) is 43.1 Å². The largest absolute Gasteiger partial charge is 0.351 e. The fraction of sp³-hybridized carbons (Fsp3) is 0.353. The van der Waals surface area contributed by atoms with Crippen LogP contribution in [0.25, 0.3) is 0 Å². The van der Waals surface area contributed by atoms with Gasteiger partial charge in [0.25, 0.3) is 10.1 Å². The quantitative estimate of drug-likeness (QED) is 0.807. The summed E-state index contributed by atoms with van der Waals surface area (Å²) < 4.78 is 29.6. The summed E-state index contributed by atoms with van der Waals surface area (Å²) in [5.41, 5.74) is 0.956. The zero-order valence-corrected chi connectivity index (χ0v) is 14.3. The molecule has 6 nitrogen and oxygen atoms in total. The van der Waals surface area contributed by atoms with Crippen molar-refractivity contribution < 1.29 is 13.0 Å². The van der Waals surface area contributed by atoms with Crippen molar-refractivity contribution in [1.29, 1.82) is 0 Å². The van der Waals surface area contributed by atoms with Crippen LogP contribution in [0.4, 0.5) is 5.82 Å². The van der Waals surface area contributed by atoms with Crippen molar-refractivity contribution in [1.82, 2.24) is 10.3 Å². The van der Waals surface area contributed by atoms with Gasteiger partial charge in [-0.15, -0.1) is 0 Å². The van der Waals surface area contributed by atoms with Crippen LogP contribution >= 0.6 is 0 Å². The number of aromatic nitrogens is 1. The summed E-state index contributed by atoms with van der Waals surface area (Å²) in [4.78, 5) is 6.73. The molecule has 2 aromatic rings. The Morgan fingerprint density at radius 2 is 1.96 bits per heavy atom. The average molecular weight is 347 g/mol. The molecule has 0 aliphatic carbocycles. The maximum Gasteiger partial charge on any atom is 0.294 e. The number of pyridine rings is 1. The molecule has 4 rings (SSSR count). The fourth-order valence-electron chi connectivity index (χ4n) is 3.08. The molecule has 2 atom stereocenters. The van der Waals surface area contributed by atoms with E-state index in [-0.39, 0.29) is 4.90 Å². The third kappa shape index (κ3) is 3.92. The molecule has 2 bridgehead atoms. The van der Waals surface area contributed by atoms with Gasteiger partial charge in [-0.05, 0) is 37.6 Å². The highest BCUT2D eigenvalue weighted by Gasteiger charge is 2.37. The smallest absolute Gasteiger partial charge is 0.294 e. The molecule has 2 aliphatic rings. The van der Waals surface area contributed by atoms with Gasteiger partial charge in [0.15, 0.2) is 0 Å². The van der Waals surface area contributed by atoms with E-state index in [1.807, 2.05) is 19.2 Å². The summed E-state index contributed by atoms with van der Waals surface area (Å²) in [6.07, 6.45) is 3.16. The average Bonchev–Trinajstić information content (AvgIpc) is 3.19. The number of nitrogens with zero attached hydrogens (tertiary/aromatic N) is 2. The molecule has 2 aliphatic heterocycles. The topological polar surface area (TPSA) is 82.5 Å². The van der Waals surface area contributed by atoms with Crippen molar-refractivity contribution >= 4 is 15.9 Å². The predicted molar refractivity (Wildman–Crippen MR) is 92.8 cm³/mol. The van der Waals surface area contributed by atoms with Crippen molar-refractivity contribution in [2.45, 2.75) is 30.3 Å². The molecule has 0 radical (unpaired) electrons. The van der Waals surface area contributed by atoms with Gasteiger partial charge in [0.2, 0.25) is 0 Å². The number of aryl methyl sites for hydroxylation is 1. The molecule has 0 amide bonds. The Morgan fingerprint density at radius 3 is 2.46 bits per heavy atom. The van der Waals surface area contributed by atoms with Gasteiger partial charge in [0, 0.05) is 31.4 Å². The number of nitrogens with one attached hydrogen (secondary N) is 1. The maximum absolute atomic E-state index is 10.5. The Kier molecular flexibility index (Phi) is 4.84. The zero-order valence-electron chi connectivity index (χ0n) is 13.5. The molecule has 128 valence electrons. The minimum Gasteiger partial charge on any atom is -0.351 e. The summed E-state index contributed by atoms with van der Waals surface area (Å²) in [6, 6.07) is 13.5. The highest BCUT2D eigenvalue weighted by Crippen LogP contribution is 2.27. The zero-order chi connectivity index (χ0) is 17.2. The van der Waals surface area contributed by atoms with Crippen LogP contribution in [0.2, 0.25) is 0 Å². The van der Waals surface area contributed by atoms with Crippen LogP contribution in [0.15, 0.2) is 53.6 Å². The van der Waals surface area contributed by atoms with E-state index in [2.05, 4.69) is 27.3 Å². The molecule has 0 saturated carbocycles. The molecule has 0 unspecified atom stereocenters. The second kappa shape index (κ2) is 6.88. The second-order valence-corrected chi connectivity index (χ2v) is 7.54. The Bertz CT molecular complexity index is 778. The molecule has 2 saturated heterocycles. The van der Waals surface area contributed by atoms with E-state index in [0.29, 0.717) is 12.1 Å². The molecule has 1 aromatic heterocycles. The molecular formula is C17H21N3O3S. The summed E-state index contributed by atoms with van der Waals surface area (Å²) in [5.74, 6) is 1.14. The van der Waals surface area contributed by atoms with E-state index in [9.17, 15) is 8.42 Å². The number of piperazine rings is 1. The van der Waals surface area contributed by atoms with Crippen LogP contribution in [0.3, 0.4) is 0 Å². The molecule has 2 N–H and O–H groups in total. The lowest BCUT2D eigenvalue weighted by molar-refractivity contribution is 0.483. The number of hydrogen-bond donors (Lipinski definition) is 2. The summed E-state index contributed by atoms with van der Waals surface area (Å²) in [5, 5.41) is 3.49. The number of hydrogen-bond acceptors (Lipinski definition) is 5. The van der Waals surface area contributed by atoms with Crippen LogP contribution < -0.4 is 10.2 Å². The lowest BCUT2D eigenvalue weighted by atomic mass is 10.2. The molecule has 3 heterocycles. The van der Waals surface area contributed by atoms with Crippen molar-refractivity contribution in [3.8, 4) is 0 Å². The molecule has 1 aromatic carbocycles. The van der Waals surface area contributed by atoms with Crippen molar-refractivity contribution in [3.05, 3.63) is 54.2 Å². The molecule has 0 spiro atoms. The highest BCUT2D eigenvalue weighted by molar-refractivity contribution is 7.85. The highest BCUT2D eigenvalue weighted by atomic mass is 32.2. The van der Waals surface area contributed by atoms with Gasteiger partial charge in [0.1, 0.15) is 5.82 Å². The van der Waals surface area contributed by atoms with Gasteiger partial charge in [-0.2, -0.15) is 8.42 Å². The maximum atomic E-state index is 10.5. The van der Waals surface area contributed by atoms with E-state index in [1.54, 1.807) is 12.1 Å². The number of benzene rings is 1. The van der Waals surface area contributed by atoms with Crippen molar-refractivity contribution in [3.63, 3.8) is 0 Å². The van der Waals surface area contributed by atoms with Gasteiger partial charge in [-0.3, -0.25) is 4.55 Å². The summed E-state index contributed by atoms with van der Waals surface area (Å²) >= 11 is 0. The molecule has 2 fully saturated rings. The van der Waals surface area contributed by atoms with Gasteiger partial charge < -0.3 is 10.2 Å². The van der Waals surface area contributed by atoms with Crippen LogP contribution in [0.5, 0.6) is 0 Å². The predicted octanol–water partition coefficient (Wildman–Crippen LogP) is 1.87. The second-order valence-electron chi connectivity index (χ2n) is 6.12. The van der Waals surface area contributed by atoms with E-state index in [1.165, 1.54) is 18.6 Å². The fourth-order valence-corrected chi connectivity index (χ4v) is 3.56. The lowest BCUT2D eigenvalue weighted by Gasteiger charge is -2.28. The first kappa shape index (κ1) is 16.9. The van der Waals surface area contributed by atoms with E-state index < -0.39 is 10.1 Å². The van der Waals surface area contributed by atoms with Crippen molar-refractivity contribution in [2.75, 3.05) is 18.0 Å². The summed E-state index contributed by atoms with van der Waals surface area (Å²) in [6.45, 7) is 4.09. The van der Waals surface area contributed by atoms with Gasteiger partial charge >= 0.3 is 0 Å². The van der Waals surface area contributed by atoms with E-state index >= 15 is 0 Å². The number of fused-ring (bicyclic) bond motifs is 2. The Labute approximate surface area is 142 Å². The lowest BCUT2D eigenvalue weighted by Crippen LogP contribution is -2.43. The van der Waals surface area contributed by atoms with Crippen LogP contribution in [0, 0.1) is 6.92 Å². The third-order valence-corrected chi connectivity index (χ3v) is 5.19. The van der Waals surface area contributed by atoms with Gasteiger partial charge in [-0.1, -0.05) is 23.8 Å². The summed E-state index contributed by atoms with van der Waals surface area (Å²) in [7, 11) is -4.02. The molecular weight excluding hydrogens is 326 g/mol. The normalized spacial score (nSPS) is 22.2. The molecule has 7 heteroatoms. The Balaban J connectivity index is 0.000000144. The minimum atomic E-state index is -4.02. The van der Waals surface area contributed by atoms with E-state index in [0.717, 1.165) is 24.5 Å². The van der Waals surface area contributed by atoms with Crippen LogP contribution in [0.1, 0.15) is 12.0 Å². The SMILES string of the molecule is Cc1ccc(S(=O)(=O)O)cc1.c1ccc(N2C[C@@H]3C[C@H]2CN3)nc1.